The van der Waals surface area contributed by atoms with Gasteiger partial charge in [0.2, 0.25) is 0 Å². The van der Waals surface area contributed by atoms with E-state index in [1.54, 1.807) is 0 Å². The van der Waals surface area contributed by atoms with Gasteiger partial charge in [0.1, 0.15) is 0 Å². The van der Waals surface area contributed by atoms with E-state index >= 15 is 0 Å². The second kappa shape index (κ2) is 3.21. The molecule has 1 nitrogen and oxygen atoms in total. The molecule has 0 radical (unpaired) electrons. The Kier molecular flexibility index (Phi) is 2.52. The van der Waals surface area contributed by atoms with E-state index in [-0.39, 0.29) is 0 Å². The Morgan fingerprint density at radius 1 is 1.11 bits per heavy atom. The summed E-state index contributed by atoms with van der Waals surface area (Å²) in [4.78, 5) is 0. The Bertz CT molecular complexity index is 70.6. The van der Waals surface area contributed by atoms with Crippen LogP contribution in [0.3, 0.4) is 0 Å². The number of nitrogens with one attached hydrogen (secondary N) is 1. The molecule has 1 N–H and O–H groups in total. The molecule has 0 spiro atoms. The summed E-state index contributed by atoms with van der Waals surface area (Å²) in [5.74, 6) is 1.94. The van der Waals surface area contributed by atoms with Crippen LogP contribution in [0.4, 0.5) is 0 Å². The minimum Gasteiger partial charge on any atom is -0.316 e. The van der Waals surface area contributed by atoms with Gasteiger partial charge in [-0.15, -0.1) is 0 Å². The molecule has 0 aromatic rings. The fraction of sp³-hybridized carbons (Fsp3) is 1.00. The van der Waals surface area contributed by atoms with Gasteiger partial charge in [-0.1, -0.05) is 26.7 Å². The molecule has 1 aliphatic rings. The van der Waals surface area contributed by atoms with Gasteiger partial charge in [0.25, 0.3) is 0 Å². The zero-order chi connectivity index (χ0) is 6.69. The fourth-order valence-corrected chi connectivity index (χ4v) is 1.74. The second-order valence-electron chi connectivity index (χ2n) is 2.99. The smallest absolute Gasteiger partial charge is 0.00174 e. The summed E-state index contributed by atoms with van der Waals surface area (Å²) in [5.41, 5.74) is 0. The molecule has 54 valence electrons. The lowest BCUT2D eigenvalue weighted by atomic mass is 9.92. The lowest BCUT2D eigenvalue weighted by Gasteiger charge is -2.12. The fourth-order valence-electron chi connectivity index (χ4n) is 1.74. The van der Waals surface area contributed by atoms with Gasteiger partial charge in [-0.05, 0) is 24.9 Å². The maximum absolute atomic E-state index is 3.42. The van der Waals surface area contributed by atoms with Crippen LogP contribution in [0.5, 0.6) is 0 Å². The summed E-state index contributed by atoms with van der Waals surface area (Å²) in [7, 11) is 0. The van der Waals surface area contributed by atoms with Crippen molar-refractivity contribution in [2.75, 3.05) is 13.1 Å². The first-order valence-electron chi connectivity index (χ1n) is 4.09. The molecule has 1 heterocycles. The quantitative estimate of drug-likeness (QED) is 0.594. The van der Waals surface area contributed by atoms with E-state index in [9.17, 15) is 0 Å². The van der Waals surface area contributed by atoms with Gasteiger partial charge in [-0.25, -0.2) is 0 Å². The maximum Gasteiger partial charge on any atom is -0.00174 e. The Labute approximate surface area is 57.8 Å². The average Bonchev–Trinajstić information content (AvgIpc) is 2.33. The van der Waals surface area contributed by atoms with Crippen molar-refractivity contribution < 1.29 is 0 Å². The van der Waals surface area contributed by atoms with Crippen LogP contribution in [-0.4, -0.2) is 13.1 Å². The summed E-state index contributed by atoms with van der Waals surface area (Å²) in [5, 5.41) is 3.42. The Balaban J connectivity index is 2.32. The number of hydrogen-bond donors (Lipinski definition) is 1. The highest BCUT2D eigenvalue weighted by atomic mass is 14.9. The minimum atomic E-state index is 0.968. The molecular formula is C8H17N. The zero-order valence-electron chi connectivity index (χ0n) is 6.48. The second-order valence-corrected chi connectivity index (χ2v) is 2.99. The molecule has 0 saturated carbocycles. The molecular weight excluding hydrogens is 110 g/mol. The highest BCUT2D eigenvalue weighted by Gasteiger charge is 2.22. The zero-order valence-corrected chi connectivity index (χ0v) is 6.48. The van der Waals surface area contributed by atoms with E-state index in [4.69, 9.17) is 0 Å². The van der Waals surface area contributed by atoms with Crippen molar-refractivity contribution in [3.63, 3.8) is 0 Å². The molecule has 1 heteroatoms. The van der Waals surface area contributed by atoms with Gasteiger partial charge in [0.15, 0.2) is 0 Å². The van der Waals surface area contributed by atoms with Gasteiger partial charge in [0.05, 0.1) is 0 Å². The Hall–Kier alpha value is -0.0400. The third-order valence-corrected chi connectivity index (χ3v) is 2.53. The highest BCUT2D eigenvalue weighted by molar-refractivity contribution is 4.78. The van der Waals surface area contributed by atoms with E-state index in [1.807, 2.05) is 0 Å². The summed E-state index contributed by atoms with van der Waals surface area (Å²) < 4.78 is 0. The molecule has 9 heavy (non-hydrogen) atoms. The van der Waals surface area contributed by atoms with Gasteiger partial charge in [0, 0.05) is 0 Å². The number of rotatable bonds is 2. The van der Waals surface area contributed by atoms with Crippen molar-refractivity contribution in [3.05, 3.63) is 0 Å². The summed E-state index contributed by atoms with van der Waals surface area (Å²) in [6.45, 7) is 7.10. The van der Waals surface area contributed by atoms with Crippen molar-refractivity contribution in [3.8, 4) is 0 Å². The van der Waals surface area contributed by atoms with Crippen molar-refractivity contribution in [2.45, 2.75) is 26.7 Å². The standard InChI is InChI=1S/C8H17N/c1-3-7-5-9-6-8(7)4-2/h7-9H,3-6H2,1-2H3. The van der Waals surface area contributed by atoms with Crippen molar-refractivity contribution >= 4 is 0 Å². The first-order chi connectivity index (χ1) is 4.38. The number of hydrogen-bond acceptors (Lipinski definition) is 1. The van der Waals surface area contributed by atoms with Crippen LogP contribution in [0.1, 0.15) is 26.7 Å². The molecule has 0 aliphatic carbocycles. The van der Waals surface area contributed by atoms with E-state index < -0.39 is 0 Å². The van der Waals surface area contributed by atoms with Crippen LogP contribution >= 0.6 is 0 Å². The first-order valence-corrected chi connectivity index (χ1v) is 4.09. The Morgan fingerprint density at radius 3 is 1.89 bits per heavy atom. The average molecular weight is 127 g/mol. The van der Waals surface area contributed by atoms with Gasteiger partial charge in [-0.3, -0.25) is 0 Å². The van der Waals surface area contributed by atoms with E-state index in [0.717, 1.165) is 11.8 Å². The molecule has 0 aromatic carbocycles. The molecule has 1 fully saturated rings. The molecule has 2 atom stereocenters. The maximum atomic E-state index is 3.42. The van der Waals surface area contributed by atoms with Gasteiger partial charge < -0.3 is 5.32 Å². The molecule has 0 bridgehead atoms. The molecule has 0 aromatic heterocycles. The lowest BCUT2D eigenvalue weighted by molar-refractivity contribution is 0.397. The predicted molar refractivity (Wildman–Crippen MR) is 40.4 cm³/mol. The molecule has 2 unspecified atom stereocenters. The van der Waals surface area contributed by atoms with Crippen molar-refractivity contribution in [1.29, 1.82) is 0 Å². The van der Waals surface area contributed by atoms with Crippen molar-refractivity contribution in [2.24, 2.45) is 11.8 Å². The topological polar surface area (TPSA) is 12.0 Å². The van der Waals surface area contributed by atoms with Crippen LogP contribution in [0.15, 0.2) is 0 Å². The van der Waals surface area contributed by atoms with Crippen LogP contribution in [-0.2, 0) is 0 Å². The third-order valence-electron chi connectivity index (χ3n) is 2.53. The summed E-state index contributed by atoms with van der Waals surface area (Å²) in [6.07, 6.45) is 2.71. The third kappa shape index (κ3) is 1.45. The summed E-state index contributed by atoms with van der Waals surface area (Å²) in [6, 6.07) is 0. The van der Waals surface area contributed by atoms with Crippen LogP contribution < -0.4 is 5.32 Å². The largest absolute Gasteiger partial charge is 0.316 e. The van der Waals surface area contributed by atoms with E-state index in [2.05, 4.69) is 19.2 Å². The van der Waals surface area contributed by atoms with Gasteiger partial charge >= 0.3 is 0 Å². The Morgan fingerprint density at radius 2 is 1.56 bits per heavy atom. The van der Waals surface area contributed by atoms with E-state index in [1.165, 1.54) is 25.9 Å². The molecule has 1 aliphatic heterocycles. The minimum absolute atomic E-state index is 0.968. The SMILES string of the molecule is CCC1CNCC1CC. The lowest BCUT2D eigenvalue weighted by Crippen LogP contribution is -2.09. The van der Waals surface area contributed by atoms with Crippen LogP contribution in [0, 0.1) is 11.8 Å². The molecule has 1 saturated heterocycles. The van der Waals surface area contributed by atoms with E-state index in [0.29, 0.717) is 0 Å². The summed E-state index contributed by atoms with van der Waals surface area (Å²) >= 11 is 0. The highest BCUT2D eigenvalue weighted by Crippen LogP contribution is 2.21. The van der Waals surface area contributed by atoms with Crippen LogP contribution in [0.25, 0.3) is 0 Å². The predicted octanol–water partition coefficient (Wildman–Crippen LogP) is 1.64. The molecule has 1 rings (SSSR count). The molecule has 0 amide bonds. The van der Waals surface area contributed by atoms with Crippen LogP contribution in [0.2, 0.25) is 0 Å². The van der Waals surface area contributed by atoms with Gasteiger partial charge in [-0.2, -0.15) is 0 Å². The van der Waals surface area contributed by atoms with Crippen molar-refractivity contribution in [1.82, 2.24) is 5.32 Å². The monoisotopic (exact) mass is 127 g/mol. The first kappa shape index (κ1) is 7.07. The normalized spacial score (nSPS) is 35.3.